The van der Waals surface area contributed by atoms with Crippen molar-refractivity contribution in [1.29, 1.82) is 0 Å². The third kappa shape index (κ3) is 7.44. The van der Waals surface area contributed by atoms with Gasteiger partial charge in [-0.15, -0.1) is 0 Å². The van der Waals surface area contributed by atoms with Gasteiger partial charge in [-0.3, -0.25) is 14.4 Å². The zero-order valence-electron chi connectivity index (χ0n) is 25.5. The number of H-pyrrole nitrogens is 3. The van der Waals surface area contributed by atoms with Gasteiger partial charge in [-0.2, -0.15) is 0 Å². The third-order valence-electron chi connectivity index (χ3n) is 8.08. The van der Waals surface area contributed by atoms with Gasteiger partial charge in [0.05, 0.1) is 12.4 Å². The van der Waals surface area contributed by atoms with Crippen molar-refractivity contribution in [2.45, 2.75) is 57.3 Å². The second kappa shape index (κ2) is 14.1. The highest BCUT2D eigenvalue weighted by atomic mass is 16.4. The first kappa shape index (κ1) is 32.0. The van der Waals surface area contributed by atoms with Crippen LogP contribution in [-0.2, 0) is 38.4 Å². The Labute approximate surface area is 264 Å². The first-order chi connectivity index (χ1) is 22.1. The van der Waals surface area contributed by atoms with Crippen molar-refractivity contribution in [3.8, 4) is 0 Å². The Hall–Kier alpha value is -5.43. The van der Waals surface area contributed by atoms with Crippen molar-refractivity contribution in [1.82, 2.24) is 35.9 Å². The number of carbonyl (C=O) groups is 4. The number of carboxylic acids is 1. The lowest BCUT2D eigenvalue weighted by molar-refractivity contribution is -0.142. The molecule has 5 aromatic rings. The number of carbonyl (C=O) groups excluding carboxylic acids is 3. The number of imidazole rings is 1. The number of fused-ring (bicyclic) bond motifs is 2. The van der Waals surface area contributed by atoms with Gasteiger partial charge in [0, 0.05) is 65.4 Å². The van der Waals surface area contributed by atoms with Gasteiger partial charge in [0.25, 0.3) is 0 Å². The SMILES string of the molecule is CC(C)C(N)C(=O)NC(Cc1c[nH]c2ccccc12)C(=O)NC(Cc1cnc[nH]1)C(=O)NC(Cc1c[nH]c2ccccc12)C(=O)O. The van der Waals surface area contributed by atoms with Crippen LogP contribution < -0.4 is 21.7 Å². The Bertz CT molecular complexity index is 1830. The summed E-state index contributed by atoms with van der Waals surface area (Å²) in [5, 5.41) is 19.9. The molecular formula is C33H38N8O5. The number of benzene rings is 2. The molecule has 13 nitrogen and oxygen atoms in total. The molecule has 4 unspecified atom stereocenters. The van der Waals surface area contributed by atoms with E-state index in [2.05, 4.69) is 35.9 Å². The summed E-state index contributed by atoms with van der Waals surface area (Å²) >= 11 is 0. The number of aromatic amines is 3. The number of rotatable bonds is 14. The van der Waals surface area contributed by atoms with Crippen molar-refractivity contribution >= 4 is 45.5 Å². The summed E-state index contributed by atoms with van der Waals surface area (Å²) in [5.41, 5.74) is 9.87. The van der Waals surface area contributed by atoms with Crippen LogP contribution in [0.2, 0.25) is 0 Å². The maximum atomic E-state index is 13.9. The number of amides is 3. The molecule has 9 N–H and O–H groups in total. The van der Waals surface area contributed by atoms with E-state index in [1.807, 2.05) is 48.5 Å². The highest BCUT2D eigenvalue weighted by Crippen LogP contribution is 2.21. The maximum Gasteiger partial charge on any atom is 0.326 e. The van der Waals surface area contributed by atoms with Crippen LogP contribution in [0.4, 0.5) is 0 Å². The molecule has 0 aliphatic carbocycles. The van der Waals surface area contributed by atoms with Crippen molar-refractivity contribution < 1.29 is 24.3 Å². The molecule has 0 radical (unpaired) electrons. The van der Waals surface area contributed by atoms with Crippen LogP contribution in [0.25, 0.3) is 21.8 Å². The van der Waals surface area contributed by atoms with E-state index in [-0.39, 0.29) is 25.2 Å². The molecule has 0 aliphatic heterocycles. The van der Waals surface area contributed by atoms with E-state index in [4.69, 9.17) is 5.73 Å². The number of aromatic nitrogens is 4. The summed E-state index contributed by atoms with van der Waals surface area (Å²) in [7, 11) is 0. The molecule has 4 atom stereocenters. The van der Waals surface area contributed by atoms with Gasteiger partial charge in [-0.1, -0.05) is 50.2 Å². The molecule has 0 bridgehead atoms. The minimum atomic E-state index is -1.28. The van der Waals surface area contributed by atoms with E-state index in [1.165, 1.54) is 12.5 Å². The van der Waals surface area contributed by atoms with E-state index in [9.17, 15) is 24.3 Å². The topological polar surface area (TPSA) is 211 Å². The Morgan fingerprint density at radius 1 is 0.739 bits per heavy atom. The molecular weight excluding hydrogens is 588 g/mol. The second-order valence-electron chi connectivity index (χ2n) is 11.7. The average Bonchev–Trinajstić information content (AvgIpc) is 3.80. The maximum absolute atomic E-state index is 13.9. The van der Waals surface area contributed by atoms with Crippen molar-refractivity contribution in [2.24, 2.45) is 11.7 Å². The van der Waals surface area contributed by atoms with Crippen LogP contribution in [0.15, 0.2) is 73.4 Å². The molecule has 3 heterocycles. The van der Waals surface area contributed by atoms with Gasteiger partial charge in [-0.05, 0) is 29.2 Å². The minimum absolute atomic E-state index is 0.00371. The van der Waals surface area contributed by atoms with E-state index in [0.29, 0.717) is 5.69 Å². The Morgan fingerprint density at radius 2 is 1.24 bits per heavy atom. The summed E-state index contributed by atoms with van der Waals surface area (Å²) in [6.45, 7) is 3.61. The smallest absolute Gasteiger partial charge is 0.326 e. The van der Waals surface area contributed by atoms with Crippen molar-refractivity contribution in [3.05, 3.63) is 90.3 Å². The molecule has 5 rings (SSSR count). The lowest BCUT2D eigenvalue weighted by Crippen LogP contribution is -2.58. The highest BCUT2D eigenvalue weighted by Gasteiger charge is 2.32. The fourth-order valence-corrected chi connectivity index (χ4v) is 5.39. The molecule has 0 saturated heterocycles. The molecule has 2 aromatic carbocycles. The van der Waals surface area contributed by atoms with Crippen LogP contribution >= 0.6 is 0 Å². The number of carboxylic acid groups (broad SMARTS) is 1. The molecule has 13 heteroatoms. The van der Waals surface area contributed by atoms with E-state index >= 15 is 0 Å². The highest BCUT2D eigenvalue weighted by molar-refractivity contribution is 5.95. The molecule has 3 amide bonds. The average molecular weight is 627 g/mol. The lowest BCUT2D eigenvalue weighted by Gasteiger charge is -2.25. The number of hydrogen-bond acceptors (Lipinski definition) is 6. The van der Waals surface area contributed by atoms with Gasteiger partial charge in [-0.25, -0.2) is 9.78 Å². The first-order valence-electron chi connectivity index (χ1n) is 15.1. The predicted octanol–water partition coefficient (Wildman–Crippen LogP) is 1.92. The zero-order chi connectivity index (χ0) is 32.8. The van der Waals surface area contributed by atoms with E-state index in [0.717, 1.165) is 32.9 Å². The fourth-order valence-electron chi connectivity index (χ4n) is 5.39. The summed E-state index contributed by atoms with van der Waals surface area (Å²) in [5.74, 6) is -3.24. The predicted molar refractivity (Wildman–Crippen MR) is 173 cm³/mol. The van der Waals surface area contributed by atoms with Crippen LogP contribution in [0.3, 0.4) is 0 Å². The van der Waals surface area contributed by atoms with E-state index < -0.39 is 47.9 Å². The number of hydrogen-bond donors (Lipinski definition) is 8. The second-order valence-corrected chi connectivity index (χ2v) is 11.7. The van der Waals surface area contributed by atoms with Gasteiger partial charge in [0.1, 0.15) is 18.1 Å². The summed E-state index contributed by atoms with van der Waals surface area (Å²) < 4.78 is 0. The number of nitrogens with two attached hydrogens (primary N) is 1. The normalized spacial score (nSPS) is 14.1. The molecule has 240 valence electrons. The molecule has 46 heavy (non-hydrogen) atoms. The van der Waals surface area contributed by atoms with Crippen molar-refractivity contribution in [3.63, 3.8) is 0 Å². The van der Waals surface area contributed by atoms with E-state index in [1.54, 1.807) is 26.2 Å². The summed E-state index contributed by atoms with van der Waals surface area (Å²) in [6.07, 6.45) is 6.57. The lowest BCUT2D eigenvalue weighted by atomic mass is 10.0. The quantitative estimate of drug-likeness (QED) is 0.0917. The minimum Gasteiger partial charge on any atom is -0.480 e. The van der Waals surface area contributed by atoms with Crippen LogP contribution in [0.1, 0.15) is 30.7 Å². The molecule has 0 fully saturated rings. The van der Waals surface area contributed by atoms with Crippen LogP contribution in [0, 0.1) is 5.92 Å². The van der Waals surface area contributed by atoms with Gasteiger partial charge in [0.2, 0.25) is 17.7 Å². The molecule has 0 saturated carbocycles. The zero-order valence-corrected chi connectivity index (χ0v) is 25.5. The van der Waals surface area contributed by atoms with Gasteiger partial charge < -0.3 is 41.7 Å². The van der Waals surface area contributed by atoms with Gasteiger partial charge >= 0.3 is 5.97 Å². The fraction of sp³-hybridized carbons (Fsp3) is 0.303. The first-order valence-corrected chi connectivity index (χ1v) is 15.1. The summed E-state index contributed by atoms with van der Waals surface area (Å²) in [4.78, 5) is 66.2. The Morgan fingerprint density at radius 3 is 1.76 bits per heavy atom. The van der Waals surface area contributed by atoms with Gasteiger partial charge in [0.15, 0.2) is 0 Å². The monoisotopic (exact) mass is 626 g/mol. The molecule has 3 aromatic heterocycles. The largest absolute Gasteiger partial charge is 0.480 e. The molecule has 0 spiro atoms. The third-order valence-corrected chi connectivity index (χ3v) is 8.08. The van der Waals surface area contributed by atoms with Crippen LogP contribution in [0.5, 0.6) is 0 Å². The number of nitrogens with zero attached hydrogens (tertiary/aromatic N) is 1. The Balaban J connectivity index is 1.38. The van der Waals surface area contributed by atoms with Crippen LogP contribution in [-0.4, -0.2) is 72.9 Å². The summed E-state index contributed by atoms with van der Waals surface area (Å²) in [6, 6.07) is 10.6. The van der Waals surface area contributed by atoms with Crippen molar-refractivity contribution in [2.75, 3.05) is 0 Å². The number of aliphatic carboxylic acids is 1. The Kier molecular flexibility index (Phi) is 9.82. The number of nitrogens with one attached hydrogen (secondary N) is 6. The molecule has 0 aliphatic rings. The standard InChI is InChI=1S/C33H38N8O5/c1-18(2)29(34)32(44)40-26(11-19-14-36-24-9-5-3-7-22(19)24)30(42)39-27(13-21-16-35-17-38-21)31(43)41-28(33(45)46)12-20-15-37-25-10-6-4-8-23(20)25/h3-10,14-18,26-29,36-37H,11-13,34H2,1-2H3,(H,35,38)(H,39,42)(H,40,44)(H,41,43)(H,45,46). The number of para-hydroxylation sites is 2.